The predicted octanol–water partition coefficient (Wildman–Crippen LogP) is 4.27. The minimum Gasteiger partial charge on any atom is -0.384 e. The summed E-state index contributed by atoms with van der Waals surface area (Å²) in [7, 11) is 1.48. The molecule has 2 N–H and O–H groups in total. The van der Waals surface area contributed by atoms with Gasteiger partial charge in [-0.05, 0) is 45.9 Å². The number of nitrogens with one attached hydrogen (secondary N) is 1. The SMILES string of the molecule is Cc1nc(N[C@H](C)c2cccc(C(F)(F)C(C)(C)O)c2F)c2cc3c(cc2n1)C(=O)C(=O)N3C. The number of fused-ring (bicyclic) bond motifs is 2. The Morgan fingerprint density at radius 2 is 1.82 bits per heavy atom. The summed E-state index contributed by atoms with van der Waals surface area (Å²) in [5, 5.41) is 13.4. The fraction of sp³-hybridized carbons (Fsp3) is 0.333. The van der Waals surface area contributed by atoms with E-state index in [0.717, 1.165) is 19.9 Å². The zero-order valence-corrected chi connectivity index (χ0v) is 19.2. The number of alkyl halides is 2. The smallest absolute Gasteiger partial charge is 0.303 e. The second-order valence-corrected chi connectivity index (χ2v) is 8.91. The van der Waals surface area contributed by atoms with Crippen LogP contribution in [0.4, 0.5) is 24.7 Å². The summed E-state index contributed by atoms with van der Waals surface area (Å²) in [5.41, 5.74) is -2.40. The molecule has 0 fully saturated rings. The van der Waals surface area contributed by atoms with E-state index < -0.39 is 40.6 Å². The van der Waals surface area contributed by atoms with Gasteiger partial charge < -0.3 is 15.3 Å². The van der Waals surface area contributed by atoms with Gasteiger partial charge in [0, 0.05) is 18.0 Å². The van der Waals surface area contributed by atoms with E-state index in [4.69, 9.17) is 0 Å². The Morgan fingerprint density at radius 1 is 1.15 bits per heavy atom. The van der Waals surface area contributed by atoms with Crippen molar-refractivity contribution >= 4 is 34.1 Å². The molecular formula is C24H23F3N4O3. The Morgan fingerprint density at radius 3 is 2.47 bits per heavy atom. The molecule has 1 amide bonds. The quantitative estimate of drug-likeness (QED) is 0.539. The average molecular weight is 472 g/mol. The average Bonchev–Trinajstić information content (AvgIpc) is 2.95. The fourth-order valence-corrected chi connectivity index (χ4v) is 3.97. The number of ketones is 1. The molecule has 34 heavy (non-hydrogen) atoms. The van der Waals surface area contributed by atoms with Crippen molar-refractivity contribution < 1.29 is 27.9 Å². The van der Waals surface area contributed by atoms with Gasteiger partial charge in [-0.1, -0.05) is 12.1 Å². The first kappa shape index (κ1) is 23.6. The van der Waals surface area contributed by atoms with Crippen LogP contribution < -0.4 is 10.2 Å². The molecule has 0 radical (unpaired) electrons. The van der Waals surface area contributed by atoms with Crippen molar-refractivity contribution in [2.45, 2.75) is 45.3 Å². The molecule has 1 aromatic heterocycles. The molecule has 178 valence electrons. The molecule has 3 aromatic rings. The first-order valence-electron chi connectivity index (χ1n) is 10.5. The van der Waals surface area contributed by atoms with Crippen LogP contribution in [0.25, 0.3) is 10.9 Å². The lowest BCUT2D eigenvalue weighted by atomic mass is 9.91. The van der Waals surface area contributed by atoms with Gasteiger partial charge in [0.2, 0.25) is 0 Å². The maximum absolute atomic E-state index is 15.2. The zero-order chi connectivity index (χ0) is 25.2. The van der Waals surface area contributed by atoms with E-state index in [-0.39, 0.29) is 16.9 Å². The topological polar surface area (TPSA) is 95.4 Å². The highest BCUT2D eigenvalue weighted by Gasteiger charge is 2.49. The van der Waals surface area contributed by atoms with E-state index in [1.807, 2.05) is 0 Å². The third-order valence-corrected chi connectivity index (χ3v) is 5.98. The van der Waals surface area contributed by atoms with Crippen LogP contribution in [0.2, 0.25) is 0 Å². The number of benzene rings is 2. The van der Waals surface area contributed by atoms with Gasteiger partial charge in [-0.15, -0.1) is 0 Å². The zero-order valence-electron chi connectivity index (χ0n) is 19.2. The molecule has 0 aliphatic carbocycles. The van der Waals surface area contributed by atoms with Crippen LogP contribution in [0.15, 0.2) is 30.3 Å². The number of aryl methyl sites for hydroxylation is 1. The molecule has 0 saturated heterocycles. The number of amides is 1. The summed E-state index contributed by atoms with van der Waals surface area (Å²) >= 11 is 0. The third kappa shape index (κ3) is 3.58. The number of hydrogen-bond acceptors (Lipinski definition) is 6. The van der Waals surface area contributed by atoms with Crippen LogP contribution in [0.3, 0.4) is 0 Å². The number of rotatable bonds is 5. The van der Waals surface area contributed by atoms with E-state index in [0.29, 0.717) is 22.4 Å². The van der Waals surface area contributed by atoms with Gasteiger partial charge in [-0.2, -0.15) is 8.78 Å². The molecule has 0 spiro atoms. The number of hydrogen-bond donors (Lipinski definition) is 2. The van der Waals surface area contributed by atoms with Gasteiger partial charge in [-0.3, -0.25) is 9.59 Å². The van der Waals surface area contributed by atoms with Crippen LogP contribution >= 0.6 is 0 Å². The van der Waals surface area contributed by atoms with Crippen LogP contribution in [0, 0.1) is 12.7 Å². The molecule has 1 aliphatic rings. The normalized spacial score (nSPS) is 15.1. The van der Waals surface area contributed by atoms with E-state index >= 15 is 4.39 Å². The second kappa shape index (κ2) is 7.76. The number of aromatic nitrogens is 2. The molecule has 0 bridgehead atoms. The van der Waals surface area contributed by atoms with Gasteiger partial charge in [0.1, 0.15) is 23.1 Å². The van der Waals surface area contributed by atoms with Crippen molar-refractivity contribution in [2.24, 2.45) is 0 Å². The second-order valence-electron chi connectivity index (χ2n) is 8.91. The molecule has 1 aliphatic heterocycles. The number of Topliss-reactive ketones (excluding diaryl/α,β-unsaturated/α-hetero) is 1. The van der Waals surface area contributed by atoms with Crippen molar-refractivity contribution in [1.82, 2.24) is 9.97 Å². The molecule has 4 rings (SSSR count). The maximum atomic E-state index is 15.2. The first-order chi connectivity index (χ1) is 15.7. The lowest BCUT2D eigenvalue weighted by Crippen LogP contribution is -2.41. The standard InChI is InChI=1S/C24H23F3N4O3/c1-11(13-7-6-8-16(19(13)25)24(26,27)23(3,4)34)28-21-14-10-18-15(20(32)22(33)31(18)5)9-17(14)29-12(2)30-21/h6-11,34H,1-5H3,(H,28,29,30)/t11-/m1/s1. The van der Waals surface area contributed by atoms with E-state index in [9.17, 15) is 23.5 Å². The Labute approximate surface area is 193 Å². The molecule has 1 atom stereocenters. The Bertz CT molecular complexity index is 1350. The van der Waals surface area contributed by atoms with Crippen molar-refractivity contribution in [1.29, 1.82) is 0 Å². The lowest BCUT2D eigenvalue weighted by molar-refractivity contribution is -0.170. The summed E-state index contributed by atoms with van der Waals surface area (Å²) in [4.78, 5) is 34.3. The van der Waals surface area contributed by atoms with E-state index in [2.05, 4.69) is 15.3 Å². The molecule has 10 heteroatoms. The number of anilines is 2. The Balaban J connectivity index is 1.78. The predicted molar refractivity (Wildman–Crippen MR) is 121 cm³/mol. The minimum absolute atomic E-state index is 0.0468. The Kier molecular flexibility index (Phi) is 5.39. The van der Waals surface area contributed by atoms with Crippen molar-refractivity contribution in [3.63, 3.8) is 0 Å². The van der Waals surface area contributed by atoms with Gasteiger partial charge in [0.25, 0.3) is 11.7 Å². The van der Waals surface area contributed by atoms with Crippen LogP contribution in [0.5, 0.6) is 0 Å². The van der Waals surface area contributed by atoms with Crippen LogP contribution in [0.1, 0.15) is 54.1 Å². The summed E-state index contributed by atoms with van der Waals surface area (Å²) in [6.45, 7) is 5.05. The molecular weight excluding hydrogens is 449 g/mol. The van der Waals surface area contributed by atoms with Gasteiger partial charge >= 0.3 is 5.92 Å². The van der Waals surface area contributed by atoms with Crippen LogP contribution in [-0.4, -0.2) is 39.4 Å². The third-order valence-electron chi connectivity index (χ3n) is 5.98. The number of nitrogens with zero attached hydrogens (tertiary/aromatic N) is 3. The molecule has 0 saturated carbocycles. The van der Waals surface area contributed by atoms with E-state index in [1.54, 1.807) is 19.9 Å². The van der Waals surface area contributed by atoms with Crippen molar-refractivity contribution in [2.75, 3.05) is 17.3 Å². The number of likely N-dealkylation sites (N-methyl/N-ethyl adjacent to an activating group) is 1. The highest BCUT2D eigenvalue weighted by molar-refractivity contribution is 6.52. The molecule has 7 nitrogen and oxygen atoms in total. The highest BCUT2D eigenvalue weighted by Crippen LogP contribution is 2.41. The van der Waals surface area contributed by atoms with Gasteiger partial charge in [0.05, 0.1) is 28.4 Å². The summed E-state index contributed by atoms with van der Waals surface area (Å²) in [5.74, 6) is -5.61. The largest absolute Gasteiger partial charge is 0.384 e. The summed E-state index contributed by atoms with van der Waals surface area (Å²) in [6.07, 6.45) is 0. The molecule has 2 aromatic carbocycles. The molecule has 2 heterocycles. The monoisotopic (exact) mass is 472 g/mol. The fourth-order valence-electron chi connectivity index (χ4n) is 3.97. The minimum atomic E-state index is -3.82. The maximum Gasteiger partial charge on any atom is 0.303 e. The van der Waals surface area contributed by atoms with Crippen molar-refractivity contribution in [3.8, 4) is 0 Å². The number of carbonyl (C=O) groups excluding carboxylic acids is 2. The van der Waals surface area contributed by atoms with E-state index in [1.165, 1.54) is 30.1 Å². The van der Waals surface area contributed by atoms with Crippen molar-refractivity contribution in [3.05, 3.63) is 58.7 Å². The summed E-state index contributed by atoms with van der Waals surface area (Å²) < 4.78 is 44.6. The lowest BCUT2D eigenvalue weighted by Gasteiger charge is -2.30. The first-order valence-corrected chi connectivity index (χ1v) is 10.5. The van der Waals surface area contributed by atoms with Crippen LogP contribution in [-0.2, 0) is 10.7 Å². The number of carbonyl (C=O) groups is 2. The Hall–Kier alpha value is -3.53. The van der Waals surface area contributed by atoms with Gasteiger partial charge in [0.15, 0.2) is 0 Å². The van der Waals surface area contributed by atoms with Gasteiger partial charge in [-0.25, -0.2) is 14.4 Å². The number of halogens is 3. The summed E-state index contributed by atoms with van der Waals surface area (Å²) in [6, 6.07) is 5.91. The number of aliphatic hydroxyl groups is 1. The highest BCUT2D eigenvalue weighted by atomic mass is 19.3. The molecule has 0 unspecified atom stereocenters.